The lowest BCUT2D eigenvalue weighted by atomic mass is 10.1. The summed E-state index contributed by atoms with van der Waals surface area (Å²) in [4.78, 5) is 25.3. The molecule has 1 fully saturated rings. The van der Waals surface area contributed by atoms with E-state index < -0.39 is 29.3 Å². The SMILES string of the molecule is CN1CCN(CCNc2nc3ccc(Oc4ccc(N(C(N)=O)c5cc(C(F)(F)F)ccc5F)cc4)cc3[nH]2)CC1. The van der Waals surface area contributed by atoms with E-state index in [0.717, 1.165) is 50.3 Å². The van der Waals surface area contributed by atoms with Crippen LogP contribution in [0.4, 0.5) is 39.7 Å². The summed E-state index contributed by atoms with van der Waals surface area (Å²) in [6, 6.07) is 11.8. The number of aromatic amines is 1. The van der Waals surface area contributed by atoms with Crippen molar-refractivity contribution in [2.45, 2.75) is 6.18 Å². The summed E-state index contributed by atoms with van der Waals surface area (Å²) in [5.41, 5.74) is 5.28. The fourth-order valence-corrected chi connectivity index (χ4v) is 4.58. The Morgan fingerprint density at radius 1 is 1.05 bits per heavy atom. The zero-order valence-corrected chi connectivity index (χ0v) is 22.2. The van der Waals surface area contributed by atoms with E-state index in [0.29, 0.717) is 40.5 Å². The molecule has 0 atom stereocenters. The van der Waals surface area contributed by atoms with Gasteiger partial charge in [0.15, 0.2) is 0 Å². The number of hydrogen-bond acceptors (Lipinski definition) is 6. The third kappa shape index (κ3) is 6.69. The highest BCUT2D eigenvalue weighted by Crippen LogP contribution is 2.36. The van der Waals surface area contributed by atoms with E-state index in [1.807, 2.05) is 6.07 Å². The maximum atomic E-state index is 14.5. The Balaban J connectivity index is 1.25. The Morgan fingerprint density at radius 3 is 2.44 bits per heavy atom. The van der Waals surface area contributed by atoms with Gasteiger partial charge in [0, 0.05) is 45.3 Å². The highest BCUT2D eigenvalue weighted by Gasteiger charge is 2.32. The Kier molecular flexibility index (Phi) is 7.99. The smallest absolute Gasteiger partial charge is 0.416 e. The number of nitrogens with two attached hydrogens (primary N) is 1. The highest BCUT2D eigenvalue weighted by atomic mass is 19.4. The van der Waals surface area contributed by atoms with Crippen LogP contribution >= 0.6 is 0 Å². The molecule has 1 aliphatic rings. The first-order chi connectivity index (χ1) is 19.6. The predicted molar refractivity (Wildman–Crippen MR) is 148 cm³/mol. The van der Waals surface area contributed by atoms with E-state index in [9.17, 15) is 22.4 Å². The maximum absolute atomic E-state index is 14.5. The summed E-state index contributed by atoms with van der Waals surface area (Å²) < 4.78 is 59.9. The molecule has 1 aliphatic heterocycles. The van der Waals surface area contributed by atoms with E-state index in [-0.39, 0.29) is 5.69 Å². The Hall–Kier alpha value is -4.36. The molecule has 9 nitrogen and oxygen atoms in total. The molecule has 0 aliphatic carbocycles. The van der Waals surface area contributed by atoms with Gasteiger partial charge in [-0.1, -0.05) is 0 Å². The number of carbonyl (C=O) groups excluding carboxylic acids is 1. The van der Waals surface area contributed by atoms with Crippen molar-refractivity contribution in [1.29, 1.82) is 0 Å². The molecule has 41 heavy (non-hydrogen) atoms. The molecular formula is C28H29F4N7O2. The van der Waals surface area contributed by atoms with Crippen molar-refractivity contribution < 1.29 is 27.1 Å². The number of piperazine rings is 1. The Labute approximate surface area is 233 Å². The molecule has 5 rings (SSSR count). The summed E-state index contributed by atoms with van der Waals surface area (Å²) in [5.74, 6) is 0.516. The molecule has 0 unspecified atom stereocenters. The lowest BCUT2D eigenvalue weighted by molar-refractivity contribution is -0.137. The number of hydrogen-bond donors (Lipinski definition) is 3. The minimum Gasteiger partial charge on any atom is -0.457 e. The normalized spacial score (nSPS) is 14.8. The number of fused-ring (bicyclic) bond motifs is 1. The van der Waals surface area contributed by atoms with Crippen LogP contribution in [0.5, 0.6) is 11.5 Å². The van der Waals surface area contributed by atoms with Crippen LogP contribution in [0.15, 0.2) is 60.7 Å². The molecule has 0 radical (unpaired) electrons. The number of rotatable bonds is 8. The van der Waals surface area contributed by atoms with Crippen molar-refractivity contribution in [2.24, 2.45) is 5.73 Å². The minimum absolute atomic E-state index is 0.0689. The van der Waals surface area contributed by atoms with Crippen LogP contribution in [0, 0.1) is 5.82 Å². The first kappa shape index (κ1) is 28.2. The van der Waals surface area contributed by atoms with Crippen LogP contribution in [0.1, 0.15) is 5.56 Å². The van der Waals surface area contributed by atoms with Crippen LogP contribution in [0.2, 0.25) is 0 Å². The number of aromatic nitrogens is 2. The number of primary amides is 1. The molecule has 13 heteroatoms. The largest absolute Gasteiger partial charge is 0.457 e. The van der Waals surface area contributed by atoms with Crippen LogP contribution < -0.4 is 20.7 Å². The molecular weight excluding hydrogens is 542 g/mol. The van der Waals surface area contributed by atoms with Gasteiger partial charge in [0.25, 0.3) is 0 Å². The lowest BCUT2D eigenvalue weighted by Gasteiger charge is -2.32. The third-order valence-electron chi connectivity index (χ3n) is 6.84. The number of alkyl halides is 3. The van der Waals surface area contributed by atoms with Crippen molar-refractivity contribution >= 4 is 34.4 Å². The topological polar surface area (TPSA) is 103 Å². The Morgan fingerprint density at radius 2 is 1.76 bits per heavy atom. The summed E-state index contributed by atoms with van der Waals surface area (Å²) in [6.45, 7) is 5.89. The maximum Gasteiger partial charge on any atom is 0.416 e. The average molecular weight is 572 g/mol. The second-order valence-corrected chi connectivity index (χ2v) is 9.77. The van der Waals surface area contributed by atoms with E-state index in [1.54, 1.807) is 12.1 Å². The average Bonchev–Trinajstić information content (AvgIpc) is 3.33. The number of urea groups is 1. The zero-order valence-electron chi connectivity index (χ0n) is 22.2. The van der Waals surface area contributed by atoms with Gasteiger partial charge < -0.3 is 25.7 Å². The van der Waals surface area contributed by atoms with Crippen LogP contribution in [-0.2, 0) is 6.18 Å². The molecule has 1 saturated heterocycles. The minimum atomic E-state index is -4.72. The number of carbonyl (C=O) groups is 1. The van der Waals surface area contributed by atoms with E-state index in [4.69, 9.17) is 10.5 Å². The van der Waals surface area contributed by atoms with Crippen molar-refractivity contribution in [1.82, 2.24) is 19.8 Å². The number of H-pyrrole nitrogens is 1. The molecule has 0 bridgehead atoms. The third-order valence-corrected chi connectivity index (χ3v) is 6.84. The summed E-state index contributed by atoms with van der Waals surface area (Å²) in [7, 11) is 2.13. The van der Waals surface area contributed by atoms with Crippen molar-refractivity contribution in [3.63, 3.8) is 0 Å². The predicted octanol–water partition coefficient (Wildman–Crippen LogP) is 5.39. The Bertz CT molecular complexity index is 1520. The second kappa shape index (κ2) is 11.6. The molecule has 4 aromatic rings. The first-order valence-electron chi connectivity index (χ1n) is 13.0. The molecule has 2 heterocycles. The van der Waals surface area contributed by atoms with E-state index >= 15 is 0 Å². The van der Waals surface area contributed by atoms with Gasteiger partial charge in [-0.25, -0.2) is 14.2 Å². The molecule has 2 amide bonds. The molecule has 1 aromatic heterocycles. The fourth-order valence-electron chi connectivity index (χ4n) is 4.58. The monoisotopic (exact) mass is 571 g/mol. The molecule has 0 spiro atoms. The number of anilines is 3. The van der Waals surface area contributed by atoms with Gasteiger partial charge in [-0.15, -0.1) is 0 Å². The highest BCUT2D eigenvalue weighted by molar-refractivity contribution is 5.98. The van der Waals surface area contributed by atoms with Crippen molar-refractivity contribution in [3.05, 3.63) is 72.0 Å². The second-order valence-electron chi connectivity index (χ2n) is 9.77. The molecule has 216 valence electrons. The van der Waals surface area contributed by atoms with Crippen molar-refractivity contribution in [2.75, 3.05) is 56.5 Å². The summed E-state index contributed by atoms with van der Waals surface area (Å²) in [5, 5.41) is 3.32. The molecule has 3 aromatic carbocycles. The molecule has 4 N–H and O–H groups in total. The van der Waals surface area contributed by atoms with E-state index in [2.05, 4.69) is 32.1 Å². The molecule has 0 saturated carbocycles. The van der Waals surface area contributed by atoms with Crippen LogP contribution in [0.25, 0.3) is 11.0 Å². The number of amides is 2. The standard InChI is InChI=1S/C28H29F4N7O2/c1-37-12-14-38(15-13-37)11-10-34-27-35-23-9-7-21(17-24(23)36-27)41-20-5-3-19(4-6-20)39(26(33)40)25-16-18(28(30,31)32)2-8-22(25)29/h2-9,16-17H,10-15H2,1H3,(H2,33,40)(H2,34,35,36). The van der Waals surface area contributed by atoms with Gasteiger partial charge in [0.1, 0.15) is 17.3 Å². The fraction of sp³-hybridized carbons (Fsp3) is 0.286. The van der Waals surface area contributed by atoms with Gasteiger partial charge in [-0.05, 0) is 61.6 Å². The van der Waals surface area contributed by atoms with E-state index in [1.165, 1.54) is 24.3 Å². The van der Waals surface area contributed by atoms with Gasteiger partial charge in [0.05, 0.1) is 28.0 Å². The number of imidazole rings is 1. The van der Waals surface area contributed by atoms with Crippen LogP contribution in [-0.4, -0.2) is 72.1 Å². The van der Waals surface area contributed by atoms with Crippen LogP contribution in [0.3, 0.4) is 0 Å². The summed E-state index contributed by atoms with van der Waals surface area (Å²) >= 11 is 0. The first-order valence-corrected chi connectivity index (χ1v) is 13.0. The van der Waals surface area contributed by atoms with Gasteiger partial charge in [-0.2, -0.15) is 13.2 Å². The number of ether oxygens (including phenoxy) is 1. The quantitative estimate of drug-likeness (QED) is 0.245. The number of halogens is 4. The van der Waals surface area contributed by atoms with Gasteiger partial charge in [0.2, 0.25) is 5.95 Å². The zero-order chi connectivity index (χ0) is 29.1. The number of benzene rings is 3. The summed E-state index contributed by atoms with van der Waals surface area (Å²) in [6.07, 6.45) is -4.72. The van der Waals surface area contributed by atoms with Crippen molar-refractivity contribution in [3.8, 4) is 11.5 Å². The van der Waals surface area contributed by atoms with Gasteiger partial charge >= 0.3 is 12.2 Å². The van der Waals surface area contributed by atoms with Gasteiger partial charge in [-0.3, -0.25) is 9.80 Å². The number of nitrogens with one attached hydrogen (secondary N) is 2. The number of nitrogens with zero attached hydrogens (tertiary/aromatic N) is 4. The number of likely N-dealkylation sites (N-methyl/N-ethyl adjacent to an activating group) is 1. The lowest BCUT2D eigenvalue weighted by Crippen LogP contribution is -2.45.